The highest BCUT2D eigenvalue weighted by Crippen LogP contribution is 2.32. The second-order valence-electron chi connectivity index (χ2n) is 31.0. The smallest absolute Gasteiger partial charge is 0.312 e. The van der Waals surface area contributed by atoms with Crippen LogP contribution in [0.25, 0.3) is 0 Å². The van der Waals surface area contributed by atoms with Gasteiger partial charge in [0.2, 0.25) is 20.4 Å². The van der Waals surface area contributed by atoms with E-state index >= 15 is 0 Å². The van der Waals surface area contributed by atoms with Crippen molar-refractivity contribution in [2.75, 3.05) is 46.6 Å². The van der Waals surface area contributed by atoms with Crippen LogP contribution in [0.1, 0.15) is 197 Å². The lowest BCUT2D eigenvalue weighted by Gasteiger charge is -2.26. The van der Waals surface area contributed by atoms with Crippen LogP contribution in [-0.4, -0.2) is 127 Å². The number of nitrogens with one attached hydrogen (secondary N) is 4. The zero-order chi connectivity index (χ0) is 81.1. The molecule has 2 rings (SSSR count). The van der Waals surface area contributed by atoms with E-state index in [9.17, 15) is 68.2 Å². The van der Waals surface area contributed by atoms with Crippen LogP contribution >= 0.6 is 0 Å². The van der Waals surface area contributed by atoms with Gasteiger partial charge in [0.05, 0.1) is 54.2 Å². The van der Waals surface area contributed by atoms with E-state index in [1.807, 2.05) is 86.9 Å². The summed E-state index contributed by atoms with van der Waals surface area (Å²) < 4.78 is 31.9. The van der Waals surface area contributed by atoms with Crippen LogP contribution in [0.4, 0.5) is 0 Å². The highest BCUT2D eigenvalue weighted by molar-refractivity contribution is 6.02. The quantitative estimate of drug-likeness (QED) is 0.00356. The van der Waals surface area contributed by atoms with Crippen molar-refractivity contribution in [2.24, 2.45) is 90.1 Å². The predicted molar refractivity (Wildman–Crippen MR) is 400 cm³/mol. The number of benzene rings is 2. The van der Waals surface area contributed by atoms with E-state index in [-0.39, 0.29) is 135 Å². The first-order valence-electron chi connectivity index (χ1n) is 35.8. The summed E-state index contributed by atoms with van der Waals surface area (Å²) in [4.78, 5) is 160. The number of rotatable bonds is 50. The number of carbonyl (C=O) groups is 10. The third-order valence-corrected chi connectivity index (χ3v) is 16.0. The first-order chi connectivity index (χ1) is 49.8. The standard InChI is InChI=1S/C46H78N12O16.C29H40O4/c1-29(47)51-17-9-13-33(23-37(61)25-38(62)46(6,7)8)41(65)72-27-71-40(64)32(15-11-19-53-43(48)49)22-36(60)24-35(59)21-31(14-10-18-52-30(2)55-57(67)68)39(63)73-28-74-42(66)34(26-45(3,4)5)16-12-20-54-44(50)56-58(69)70;1-28(2,3)19-24(17-22-13-9-7-10-14-22)26(30)32-21-33-27(31)25(20-29(4,5)6)18-23-15-11-8-12-16-23/h31-34,51-52,55H,1-2,9-28,47H2,3-8H3,(H4,48,49,53)(H3,50,54,56);7-16,24-25H,17-21H2,1-6H3. The Morgan fingerprint density at radius 2 is 0.776 bits per heavy atom. The zero-order valence-electron chi connectivity index (χ0n) is 64.6. The molecule has 0 amide bonds. The van der Waals surface area contributed by atoms with Gasteiger partial charge in [-0.2, -0.15) is 0 Å². The van der Waals surface area contributed by atoms with Gasteiger partial charge < -0.3 is 62.0 Å². The molecule has 6 unspecified atom stereocenters. The van der Waals surface area contributed by atoms with Gasteiger partial charge in [-0.3, -0.25) is 52.9 Å². The number of aliphatic imine (C=N–C) groups is 2. The molecule has 0 saturated heterocycles. The first kappa shape index (κ1) is 95.0. The summed E-state index contributed by atoms with van der Waals surface area (Å²) in [7, 11) is 0. The third kappa shape index (κ3) is 47.9. The summed E-state index contributed by atoms with van der Waals surface area (Å²) in [6.45, 7) is 28.7. The Kier molecular flexibility index (Phi) is 43.4. The summed E-state index contributed by atoms with van der Waals surface area (Å²) >= 11 is 0. The molecule has 2 aromatic rings. The fourth-order valence-corrected chi connectivity index (χ4v) is 11.1. The van der Waals surface area contributed by atoms with E-state index in [2.05, 4.69) is 75.3 Å². The molecule has 0 spiro atoms. The second-order valence-corrected chi connectivity index (χ2v) is 31.0. The molecule has 0 heterocycles. The number of nitro groups is 2. The highest BCUT2D eigenvalue weighted by Gasteiger charge is 2.34. The fourth-order valence-electron chi connectivity index (χ4n) is 11.1. The molecular weight excluding hydrogens is 1390 g/mol. The van der Waals surface area contributed by atoms with Gasteiger partial charge in [-0.05, 0) is 111 Å². The van der Waals surface area contributed by atoms with Crippen LogP contribution in [0.2, 0.25) is 0 Å². The van der Waals surface area contributed by atoms with Gasteiger partial charge in [-0.25, -0.2) is 25.2 Å². The average Bonchev–Trinajstić information content (AvgIpc) is 0.875. The molecule has 32 heteroatoms. The van der Waals surface area contributed by atoms with Gasteiger partial charge in [0.15, 0.2) is 21.8 Å². The van der Waals surface area contributed by atoms with E-state index in [4.69, 9.17) is 51.4 Å². The summed E-state index contributed by atoms with van der Waals surface area (Å²) in [6, 6.07) is 19.9. The average molecular weight is 1510 g/mol. The Hall–Kier alpha value is -10.0. The number of ketones is 4. The number of guanidine groups is 2. The Balaban J connectivity index is 0.00000143. The number of esters is 6. The van der Waals surface area contributed by atoms with Crippen molar-refractivity contribution < 1.29 is 86.4 Å². The third-order valence-electron chi connectivity index (χ3n) is 16.0. The van der Waals surface area contributed by atoms with Crippen LogP contribution < -0.4 is 44.4 Å². The summed E-state index contributed by atoms with van der Waals surface area (Å²) in [5.74, 6) is -11.7. The van der Waals surface area contributed by atoms with Crippen LogP contribution in [-0.2, 0) is 89.2 Å². The number of nitrogens with two attached hydrogens (primary N) is 4. The lowest BCUT2D eigenvalue weighted by Crippen LogP contribution is -2.36. The highest BCUT2D eigenvalue weighted by atomic mass is 16.7. The molecule has 0 saturated carbocycles. The van der Waals surface area contributed by atoms with Gasteiger partial charge in [0, 0.05) is 50.9 Å². The minimum atomic E-state index is -1.20. The molecule has 32 nitrogen and oxygen atoms in total. The van der Waals surface area contributed by atoms with E-state index in [1.165, 1.54) is 0 Å². The van der Waals surface area contributed by atoms with E-state index in [0.717, 1.165) is 11.1 Å². The maximum absolute atomic E-state index is 13.4. The molecule has 12 N–H and O–H groups in total. The Labute approximate surface area is 628 Å². The molecule has 0 radical (unpaired) electrons. The van der Waals surface area contributed by atoms with Crippen molar-refractivity contribution >= 4 is 70.9 Å². The Morgan fingerprint density at radius 1 is 0.449 bits per heavy atom. The van der Waals surface area contributed by atoms with Crippen LogP contribution in [0.3, 0.4) is 0 Å². The molecule has 6 atom stereocenters. The number of carbonyl (C=O) groups excluding carboxylic acids is 10. The van der Waals surface area contributed by atoms with Crippen molar-refractivity contribution in [3.63, 3.8) is 0 Å². The van der Waals surface area contributed by atoms with Crippen molar-refractivity contribution in [1.29, 1.82) is 0 Å². The first-order valence-corrected chi connectivity index (χ1v) is 35.8. The molecule has 107 heavy (non-hydrogen) atoms. The summed E-state index contributed by atoms with van der Waals surface area (Å²) in [5.41, 5.74) is 26.4. The predicted octanol–water partition coefficient (Wildman–Crippen LogP) is 8.22. The van der Waals surface area contributed by atoms with Gasteiger partial charge in [-0.15, -0.1) is 0 Å². The zero-order valence-corrected chi connectivity index (χ0v) is 64.6. The molecule has 0 bridgehead atoms. The molecule has 0 aliphatic rings. The summed E-state index contributed by atoms with van der Waals surface area (Å²) in [5, 5.41) is 25.1. The molecule has 0 fully saturated rings. The van der Waals surface area contributed by atoms with Gasteiger partial charge in [0.1, 0.15) is 23.1 Å². The lowest BCUT2D eigenvalue weighted by atomic mass is 9.82. The minimum Gasteiger partial charge on any atom is -0.428 e. The maximum atomic E-state index is 13.4. The van der Waals surface area contributed by atoms with Crippen LogP contribution in [0.15, 0.2) is 95.4 Å². The van der Waals surface area contributed by atoms with Gasteiger partial charge in [-0.1, -0.05) is 168 Å². The molecule has 2 aromatic carbocycles. The number of hydrogen-bond acceptors (Lipinski definition) is 25. The van der Waals surface area contributed by atoms with Gasteiger partial charge in [0.25, 0.3) is 5.96 Å². The molecule has 0 aliphatic heterocycles. The van der Waals surface area contributed by atoms with Gasteiger partial charge >= 0.3 is 35.8 Å². The van der Waals surface area contributed by atoms with E-state index < -0.39 is 126 Å². The normalized spacial score (nSPS) is 13.3. The SMILES string of the molecule is C=C(N)NCCCC(CC(=O)CC(=O)C(C)(C)C)C(=O)OCOC(=O)C(CCCN=C(N)N)CC(=O)CC(=O)CC(CCCNC(=C)N[N+](=O)[O-])C(=O)OCOC(=O)C(CCCN=C(N)N[N+](=O)[O-])CC(C)(C)C.CC(C)(C)CC(Cc1ccccc1)C(=O)OCOC(=O)C(Cc1ccccc1)CC(C)(C)C. The monoisotopic (exact) mass is 1510 g/mol. The van der Waals surface area contributed by atoms with E-state index in [0.29, 0.717) is 51.5 Å². The van der Waals surface area contributed by atoms with Crippen molar-refractivity contribution in [3.8, 4) is 0 Å². The molecule has 598 valence electrons. The topological polar surface area (TPSA) is 489 Å². The lowest BCUT2D eigenvalue weighted by molar-refractivity contribution is -0.536. The molecule has 0 aromatic heterocycles. The largest absolute Gasteiger partial charge is 0.428 e. The number of nitrogens with zero attached hydrogens (tertiary/aromatic N) is 4. The minimum absolute atomic E-state index is 0.0142. The van der Waals surface area contributed by atoms with Crippen molar-refractivity contribution in [3.05, 3.63) is 117 Å². The number of ether oxygens (including phenoxy) is 6. The van der Waals surface area contributed by atoms with Crippen molar-refractivity contribution in [2.45, 2.75) is 199 Å². The number of Topliss-reactive ketones (excluding diaryl/α,β-unsaturated/α-hetero) is 4. The fraction of sp³-hybridized carbons (Fsp3) is 0.627. The molecular formula is C75H118N12O20. The van der Waals surface area contributed by atoms with Crippen LogP contribution in [0, 0.1) is 77.4 Å². The van der Waals surface area contributed by atoms with E-state index in [1.54, 1.807) is 26.2 Å². The molecule has 0 aliphatic carbocycles. The van der Waals surface area contributed by atoms with Crippen LogP contribution in [0.5, 0.6) is 0 Å². The Bertz CT molecular complexity index is 3210. The maximum Gasteiger partial charge on any atom is 0.312 e. The number of hydrogen-bond donors (Lipinski definition) is 8. The summed E-state index contributed by atoms with van der Waals surface area (Å²) in [6.07, 6.45) is 1.72. The Morgan fingerprint density at radius 3 is 1.13 bits per heavy atom. The second kappa shape index (κ2) is 48.9. The number of hydrazine groups is 2. The van der Waals surface area contributed by atoms with Crippen molar-refractivity contribution in [1.82, 2.24) is 21.5 Å².